The zero-order valence-electron chi connectivity index (χ0n) is 17.2. The van der Waals surface area contributed by atoms with Gasteiger partial charge in [-0.25, -0.2) is 4.98 Å². The fourth-order valence-corrected chi connectivity index (χ4v) is 3.74. The summed E-state index contributed by atoms with van der Waals surface area (Å²) in [6.45, 7) is 2.60. The van der Waals surface area contributed by atoms with Crippen molar-refractivity contribution in [2.45, 2.75) is 13.5 Å². The van der Waals surface area contributed by atoms with Gasteiger partial charge in [-0.3, -0.25) is 0 Å². The predicted molar refractivity (Wildman–Crippen MR) is 124 cm³/mol. The van der Waals surface area contributed by atoms with E-state index in [-0.39, 0.29) is 0 Å². The number of nitrogens with zero attached hydrogens (tertiary/aromatic N) is 1. The maximum absolute atomic E-state index is 6.17. The molecule has 5 heteroatoms. The van der Waals surface area contributed by atoms with Gasteiger partial charge >= 0.3 is 0 Å². The number of hydrogen-bond acceptors (Lipinski definition) is 4. The summed E-state index contributed by atoms with van der Waals surface area (Å²) in [6.07, 6.45) is 0. The highest BCUT2D eigenvalue weighted by atomic mass is 35.5. The molecule has 0 radical (unpaired) electrons. The van der Waals surface area contributed by atoms with Crippen LogP contribution >= 0.6 is 11.6 Å². The zero-order valence-corrected chi connectivity index (χ0v) is 18.0. The minimum absolute atomic E-state index is 0.592. The molecule has 1 N–H and O–H groups in total. The van der Waals surface area contributed by atoms with E-state index >= 15 is 0 Å². The predicted octanol–water partition coefficient (Wildman–Crippen LogP) is 6.49. The minimum atomic E-state index is 0.592. The van der Waals surface area contributed by atoms with Crippen molar-refractivity contribution in [1.82, 2.24) is 4.98 Å². The third-order valence-corrected chi connectivity index (χ3v) is 5.29. The van der Waals surface area contributed by atoms with E-state index in [0.717, 1.165) is 55.5 Å². The molecule has 152 valence electrons. The number of benzene rings is 3. The van der Waals surface area contributed by atoms with Crippen LogP contribution in [0.2, 0.25) is 5.02 Å². The molecule has 0 spiro atoms. The van der Waals surface area contributed by atoms with Crippen LogP contribution in [-0.2, 0) is 6.54 Å². The van der Waals surface area contributed by atoms with Crippen LogP contribution in [-0.4, -0.2) is 19.2 Å². The van der Waals surface area contributed by atoms with Gasteiger partial charge in [0.05, 0.1) is 14.2 Å². The van der Waals surface area contributed by atoms with Crippen molar-refractivity contribution >= 4 is 28.2 Å². The highest BCUT2D eigenvalue weighted by Gasteiger charge is 2.09. The van der Waals surface area contributed by atoms with E-state index in [4.69, 9.17) is 26.1 Å². The van der Waals surface area contributed by atoms with E-state index in [2.05, 4.69) is 35.6 Å². The molecule has 0 aliphatic carbocycles. The smallest absolute Gasteiger partial charge is 0.134 e. The van der Waals surface area contributed by atoms with Crippen LogP contribution in [0.25, 0.3) is 21.9 Å². The Morgan fingerprint density at radius 1 is 0.900 bits per heavy atom. The van der Waals surface area contributed by atoms with Crippen molar-refractivity contribution < 1.29 is 9.47 Å². The van der Waals surface area contributed by atoms with Crippen LogP contribution in [0.3, 0.4) is 0 Å². The molecule has 0 saturated heterocycles. The molecule has 0 aliphatic heterocycles. The number of pyridine rings is 1. The van der Waals surface area contributed by atoms with Crippen molar-refractivity contribution in [3.05, 3.63) is 83.0 Å². The highest BCUT2D eigenvalue weighted by molar-refractivity contribution is 6.30. The topological polar surface area (TPSA) is 43.4 Å². The molecule has 4 aromatic rings. The molecule has 0 atom stereocenters. The van der Waals surface area contributed by atoms with Crippen LogP contribution < -0.4 is 14.8 Å². The minimum Gasteiger partial charge on any atom is -0.497 e. The van der Waals surface area contributed by atoms with Crippen molar-refractivity contribution in [2.75, 3.05) is 19.5 Å². The average Bonchev–Trinajstić information content (AvgIpc) is 2.76. The van der Waals surface area contributed by atoms with E-state index in [1.165, 1.54) is 0 Å². The number of aromatic nitrogens is 1. The van der Waals surface area contributed by atoms with Crippen LogP contribution in [0.15, 0.2) is 66.7 Å². The van der Waals surface area contributed by atoms with Crippen molar-refractivity contribution in [1.29, 1.82) is 0 Å². The summed E-state index contributed by atoms with van der Waals surface area (Å²) < 4.78 is 10.8. The first-order chi connectivity index (χ1) is 14.6. The third-order valence-electron chi connectivity index (χ3n) is 5.06. The highest BCUT2D eigenvalue weighted by Crippen LogP contribution is 2.31. The molecule has 0 fully saturated rings. The molecule has 1 heterocycles. The van der Waals surface area contributed by atoms with E-state index in [0.29, 0.717) is 6.54 Å². The lowest BCUT2D eigenvalue weighted by atomic mass is 10.0. The lowest BCUT2D eigenvalue weighted by Gasteiger charge is -2.14. The van der Waals surface area contributed by atoms with Crippen molar-refractivity contribution in [2.24, 2.45) is 0 Å². The van der Waals surface area contributed by atoms with Crippen LogP contribution in [0.4, 0.5) is 5.82 Å². The van der Waals surface area contributed by atoms with E-state index in [1.54, 1.807) is 14.2 Å². The standard InChI is InChI=1S/C25H23ClN2O2/c1-16-11-20-12-18(17-5-4-6-21(26)13-17)8-10-23(20)25(28-16)27-15-19-7-9-22(29-2)14-24(19)30-3/h4-14H,15H2,1-3H3,(H,27,28). The van der Waals surface area contributed by atoms with Gasteiger partial charge in [0.1, 0.15) is 17.3 Å². The zero-order chi connectivity index (χ0) is 21.1. The lowest BCUT2D eigenvalue weighted by molar-refractivity contribution is 0.391. The van der Waals surface area contributed by atoms with Gasteiger partial charge in [0, 0.05) is 34.3 Å². The van der Waals surface area contributed by atoms with Crippen LogP contribution in [0, 0.1) is 6.92 Å². The summed E-state index contributed by atoms with van der Waals surface area (Å²) in [5, 5.41) is 6.40. The lowest BCUT2D eigenvalue weighted by Crippen LogP contribution is -2.05. The largest absolute Gasteiger partial charge is 0.497 e. The third kappa shape index (κ3) is 4.19. The number of ether oxygens (including phenoxy) is 2. The summed E-state index contributed by atoms with van der Waals surface area (Å²) in [4.78, 5) is 4.72. The van der Waals surface area contributed by atoms with Gasteiger partial charge in [-0.2, -0.15) is 0 Å². The fraction of sp³-hybridized carbons (Fsp3) is 0.160. The van der Waals surface area contributed by atoms with Crippen molar-refractivity contribution in [3.8, 4) is 22.6 Å². The van der Waals surface area contributed by atoms with E-state index in [9.17, 15) is 0 Å². The average molecular weight is 419 g/mol. The summed E-state index contributed by atoms with van der Waals surface area (Å²) in [5.74, 6) is 2.39. The molecule has 4 rings (SSSR count). The maximum Gasteiger partial charge on any atom is 0.134 e. The summed E-state index contributed by atoms with van der Waals surface area (Å²) in [7, 11) is 3.31. The molecule has 30 heavy (non-hydrogen) atoms. The quantitative estimate of drug-likeness (QED) is 0.388. The molecule has 0 bridgehead atoms. The normalized spacial score (nSPS) is 10.8. The Morgan fingerprint density at radius 3 is 2.50 bits per heavy atom. The number of methoxy groups -OCH3 is 2. The van der Waals surface area contributed by atoms with Gasteiger partial charge in [0.15, 0.2) is 0 Å². The molecule has 4 nitrogen and oxygen atoms in total. The van der Waals surface area contributed by atoms with Gasteiger partial charge in [-0.05, 0) is 59.8 Å². The van der Waals surface area contributed by atoms with Gasteiger partial charge in [-0.1, -0.05) is 35.9 Å². The number of anilines is 1. The first kappa shape index (κ1) is 20.0. The van der Waals surface area contributed by atoms with Gasteiger partial charge in [0.2, 0.25) is 0 Å². The maximum atomic E-state index is 6.17. The Morgan fingerprint density at radius 2 is 1.73 bits per heavy atom. The monoisotopic (exact) mass is 418 g/mol. The molecular weight excluding hydrogens is 396 g/mol. The first-order valence-corrected chi connectivity index (χ1v) is 10.1. The summed E-state index contributed by atoms with van der Waals surface area (Å²) >= 11 is 6.17. The van der Waals surface area contributed by atoms with Gasteiger partial charge < -0.3 is 14.8 Å². The fourth-order valence-electron chi connectivity index (χ4n) is 3.55. The summed E-state index contributed by atoms with van der Waals surface area (Å²) in [5.41, 5.74) is 4.20. The van der Waals surface area contributed by atoms with Crippen LogP contribution in [0.1, 0.15) is 11.3 Å². The second-order valence-corrected chi connectivity index (χ2v) is 7.53. The number of hydrogen-bond donors (Lipinski definition) is 1. The molecule has 3 aromatic carbocycles. The van der Waals surface area contributed by atoms with E-state index in [1.807, 2.05) is 43.3 Å². The Bertz CT molecular complexity index is 1210. The summed E-state index contributed by atoms with van der Waals surface area (Å²) in [6, 6.07) is 22.2. The number of halogens is 1. The Hall–Kier alpha value is -3.24. The molecule has 0 aliphatic rings. The van der Waals surface area contributed by atoms with Crippen LogP contribution in [0.5, 0.6) is 11.5 Å². The molecular formula is C25H23ClN2O2. The SMILES string of the molecule is COc1ccc(CNc2nc(C)cc3cc(-c4cccc(Cl)c4)ccc23)c(OC)c1. The molecule has 0 unspecified atom stereocenters. The Labute approximate surface area is 181 Å². The van der Waals surface area contributed by atoms with Crippen molar-refractivity contribution in [3.63, 3.8) is 0 Å². The van der Waals surface area contributed by atoms with Gasteiger partial charge in [-0.15, -0.1) is 0 Å². The number of nitrogens with one attached hydrogen (secondary N) is 1. The number of rotatable bonds is 6. The molecule has 0 saturated carbocycles. The second kappa shape index (κ2) is 8.64. The Kier molecular flexibility index (Phi) is 5.77. The van der Waals surface area contributed by atoms with E-state index < -0.39 is 0 Å². The number of aryl methyl sites for hydroxylation is 1. The first-order valence-electron chi connectivity index (χ1n) is 9.69. The second-order valence-electron chi connectivity index (χ2n) is 7.09. The molecule has 0 amide bonds. The molecule has 1 aromatic heterocycles. The van der Waals surface area contributed by atoms with Gasteiger partial charge in [0.25, 0.3) is 0 Å². The Balaban J connectivity index is 1.66. The number of fused-ring (bicyclic) bond motifs is 1.